The lowest BCUT2D eigenvalue weighted by Crippen LogP contribution is -2.09. The minimum absolute atomic E-state index is 0.131. The summed E-state index contributed by atoms with van der Waals surface area (Å²) in [6, 6.07) is 13.7. The van der Waals surface area contributed by atoms with Crippen molar-refractivity contribution in [2.75, 3.05) is 18.6 Å². The summed E-state index contributed by atoms with van der Waals surface area (Å²) in [6.45, 7) is 0.131. The molecule has 0 amide bonds. The maximum Gasteiger partial charge on any atom is 0.264 e. The Hall–Kier alpha value is -1.15. The van der Waals surface area contributed by atoms with Crippen LogP contribution < -0.4 is 0 Å². The topological polar surface area (TPSA) is 60.4 Å². The number of thioether (sulfide) groups is 1. The molecule has 1 aliphatic rings. The van der Waals surface area contributed by atoms with Crippen LogP contribution in [0.25, 0.3) is 0 Å². The van der Waals surface area contributed by atoms with E-state index in [2.05, 4.69) is 0 Å². The molecule has 0 spiro atoms. The molecule has 1 aliphatic heterocycles. The van der Waals surface area contributed by atoms with E-state index < -0.39 is 20.9 Å². The first-order valence-electron chi connectivity index (χ1n) is 7.04. The molecule has 0 saturated carbocycles. The van der Waals surface area contributed by atoms with Crippen molar-refractivity contribution in [1.82, 2.24) is 0 Å². The first-order valence-corrected chi connectivity index (χ1v) is 11.0. The summed E-state index contributed by atoms with van der Waals surface area (Å²) in [6.07, 6.45) is 1.83. The van der Waals surface area contributed by atoms with Crippen LogP contribution in [0, 0.1) is 0 Å². The van der Waals surface area contributed by atoms with Gasteiger partial charge in [-0.15, -0.1) is 11.8 Å². The largest absolute Gasteiger partial charge is 0.269 e. The van der Waals surface area contributed by atoms with Crippen molar-refractivity contribution in [2.45, 2.75) is 21.1 Å². The van der Waals surface area contributed by atoms with Gasteiger partial charge >= 0.3 is 0 Å². The molecule has 0 saturated heterocycles. The highest BCUT2D eigenvalue weighted by Crippen LogP contribution is 2.33. The van der Waals surface area contributed by atoms with Gasteiger partial charge in [-0.2, -0.15) is 8.42 Å². The average Bonchev–Trinajstić information content (AvgIpc) is 2.51. The third kappa shape index (κ3) is 4.03. The molecule has 23 heavy (non-hydrogen) atoms. The lowest BCUT2D eigenvalue weighted by atomic mass is 10.0. The first kappa shape index (κ1) is 16.7. The minimum Gasteiger partial charge on any atom is -0.269 e. The second-order valence-corrected chi connectivity index (χ2v) is 9.43. The first-order chi connectivity index (χ1) is 10.9. The molecule has 1 unspecified atom stereocenters. The second kappa shape index (κ2) is 6.76. The van der Waals surface area contributed by atoms with E-state index in [0.29, 0.717) is 5.75 Å². The highest BCUT2D eigenvalue weighted by atomic mass is 32.2. The minimum atomic E-state index is -3.40. The van der Waals surface area contributed by atoms with Crippen LogP contribution in [0.15, 0.2) is 57.2 Å². The summed E-state index contributed by atoms with van der Waals surface area (Å²) in [7, 11) is -4.56. The summed E-state index contributed by atoms with van der Waals surface area (Å²) in [5.74, 6) is 0.523. The van der Waals surface area contributed by atoms with Gasteiger partial charge in [-0.25, -0.2) is 4.21 Å². The molecule has 2 aromatic carbocycles. The van der Waals surface area contributed by atoms with Gasteiger partial charge in [0.15, 0.2) is 0 Å². The highest BCUT2D eigenvalue weighted by molar-refractivity contribution is 7.99. The Morgan fingerprint density at radius 2 is 1.87 bits per heavy atom. The van der Waals surface area contributed by atoms with Gasteiger partial charge in [0.1, 0.15) is 0 Å². The van der Waals surface area contributed by atoms with Crippen molar-refractivity contribution in [3.8, 4) is 0 Å². The van der Waals surface area contributed by atoms with E-state index in [1.54, 1.807) is 0 Å². The van der Waals surface area contributed by atoms with E-state index >= 15 is 0 Å². The number of rotatable bonds is 5. The summed E-state index contributed by atoms with van der Waals surface area (Å²) < 4.78 is 39.3. The normalized spacial score (nSPS) is 16.7. The molecule has 3 rings (SSSR count). The van der Waals surface area contributed by atoms with Gasteiger partial charge in [-0.05, 0) is 35.7 Å². The molecule has 1 atom stereocenters. The SMILES string of the molecule is CS(=O)(=O)OCCSc1ccc2c(c1)S(=O)c1ccccc1C2. The fourth-order valence-corrected chi connectivity index (χ4v) is 5.21. The van der Waals surface area contributed by atoms with Gasteiger partial charge in [-0.1, -0.05) is 24.3 Å². The van der Waals surface area contributed by atoms with Crippen molar-refractivity contribution < 1.29 is 16.8 Å². The van der Waals surface area contributed by atoms with Crippen LogP contribution in [0.3, 0.4) is 0 Å². The number of fused-ring (bicyclic) bond motifs is 2. The van der Waals surface area contributed by atoms with E-state index in [1.807, 2.05) is 42.5 Å². The Morgan fingerprint density at radius 1 is 1.13 bits per heavy atom. The third-order valence-electron chi connectivity index (χ3n) is 3.44. The Labute approximate surface area is 142 Å². The maximum atomic E-state index is 12.7. The molecule has 0 aromatic heterocycles. The van der Waals surface area contributed by atoms with E-state index in [1.165, 1.54) is 11.8 Å². The van der Waals surface area contributed by atoms with Gasteiger partial charge < -0.3 is 0 Å². The molecular weight excluding hydrogens is 352 g/mol. The average molecular weight is 369 g/mol. The van der Waals surface area contributed by atoms with Gasteiger partial charge in [0.25, 0.3) is 10.1 Å². The smallest absolute Gasteiger partial charge is 0.264 e. The maximum absolute atomic E-state index is 12.7. The fourth-order valence-electron chi connectivity index (χ4n) is 2.44. The molecule has 0 fully saturated rings. The van der Waals surface area contributed by atoms with Gasteiger partial charge in [0.2, 0.25) is 0 Å². The van der Waals surface area contributed by atoms with E-state index in [4.69, 9.17) is 4.18 Å². The van der Waals surface area contributed by atoms with Gasteiger partial charge in [0.05, 0.1) is 23.7 Å². The summed E-state index contributed by atoms with van der Waals surface area (Å²) in [5.41, 5.74) is 2.19. The zero-order valence-electron chi connectivity index (χ0n) is 12.5. The number of benzene rings is 2. The van der Waals surface area contributed by atoms with Crippen molar-refractivity contribution in [2.24, 2.45) is 0 Å². The van der Waals surface area contributed by atoms with Gasteiger partial charge in [0, 0.05) is 20.4 Å². The third-order valence-corrected chi connectivity index (χ3v) is 6.57. The molecule has 0 aliphatic carbocycles. The summed E-state index contributed by atoms with van der Waals surface area (Å²) in [5, 5.41) is 0. The highest BCUT2D eigenvalue weighted by Gasteiger charge is 2.21. The quantitative estimate of drug-likeness (QED) is 0.394. The van der Waals surface area contributed by atoms with Crippen molar-refractivity contribution >= 4 is 32.7 Å². The molecule has 2 aromatic rings. The molecule has 0 radical (unpaired) electrons. The zero-order valence-corrected chi connectivity index (χ0v) is 15.0. The Bertz CT molecular complexity index is 859. The van der Waals surface area contributed by atoms with E-state index in [-0.39, 0.29) is 6.61 Å². The van der Waals surface area contributed by atoms with E-state index in [0.717, 1.165) is 38.5 Å². The monoisotopic (exact) mass is 368 g/mol. The van der Waals surface area contributed by atoms with E-state index in [9.17, 15) is 12.6 Å². The molecule has 1 heterocycles. The number of hydrogen-bond acceptors (Lipinski definition) is 5. The molecule has 4 nitrogen and oxygen atoms in total. The van der Waals surface area contributed by atoms with Crippen molar-refractivity contribution in [3.05, 3.63) is 53.6 Å². The number of hydrogen-bond donors (Lipinski definition) is 0. The Morgan fingerprint density at radius 3 is 2.65 bits per heavy atom. The van der Waals surface area contributed by atoms with Crippen molar-refractivity contribution in [3.63, 3.8) is 0 Å². The molecule has 122 valence electrons. The predicted molar refractivity (Wildman–Crippen MR) is 91.9 cm³/mol. The van der Waals surface area contributed by atoms with Crippen LogP contribution in [0.1, 0.15) is 11.1 Å². The predicted octanol–water partition coefficient (Wildman–Crippen LogP) is 2.83. The summed E-state index contributed by atoms with van der Waals surface area (Å²) in [4.78, 5) is 2.69. The van der Waals surface area contributed by atoms with Crippen molar-refractivity contribution in [1.29, 1.82) is 0 Å². The molecular formula is C16H16O4S3. The fraction of sp³-hybridized carbons (Fsp3) is 0.250. The summed E-state index contributed by atoms with van der Waals surface area (Å²) >= 11 is 1.49. The Kier molecular flexibility index (Phi) is 4.91. The van der Waals surface area contributed by atoms with Crippen LogP contribution in [0.5, 0.6) is 0 Å². The lowest BCUT2D eigenvalue weighted by molar-refractivity contribution is 0.345. The van der Waals surface area contributed by atoms with Gasteiger partial charge in [-0.3, -0.25) is 4.18 Å². The van der Waals surface area contributed by atoms with Crippen LogP contribution in [-0.4, -0.2) is 31.2 Å². The Balaban J connectivity index is 1.74. The standard InChI is InChI=1S/C16H16O4S3/c1-23(18,19)20-8-9-21-14-7-6-13-10-12-4-2-3-5-15(12)22(17)16(13)11-14/h2-7,11H,8-10H2,1H3. The molecule has 0 bridgehead atoms. The molecule has 0 N–H and O–H groups in total. The van der Waals surface area contributed by atoms with Crippen LogP contribution >= 0.6 is 11.8 Å². The van der Waals surface area contributed by atoms with Crippen LogP contribution in [0.4, 0.5) is 0 Å². The van der Waals surface area contributed by atoms with Crippen LogP contribution in [0.2, 0.25) is 0 Å². The van der Waals surface area contributed by atoms with Crippen LogP contribution in [-0.2, 0) is 31.5 Å². The zero-order chi connectivity index (χ0) is 16.4. The second-order valence-electron chi connectivity index (χ2n) is 5.20. The molecule has 7 heteroatoms. The lowest BCUT2D eigenvalue weighted by Gasteiger charge is -2.19.